The van der Waals surface area contributed by atoms with Gasteiger partial charge in [-0.1, -0.05) is 12.1 Å². The van der Waals surface area contributed by atoms with Gasteiger partial charge in [-0.3, -0.25) is 0 Å². The molecule has 0 aliphatic rings. The van der Waals surface area contributed by atoms with E-state index in [1.165, 1.54) is 0 Å². The van der Waals surface area contributed by atoms with Gasteiger partial charge in [0.25, 0.3) is 0 Å². The summed E-state index contributed by atoms with van der Waals surface area (Å²) in [5.74, 6) is 1.11. The number of hydrogen-bond donors (Lipinski definition) is 3. The van der Waals surface area contributed by atoms with Crippen LogP contribution >= 0.6 is 0 Å². The number of nitrogens with one attached hydrogen (secondary N) is 2. The zero-order valence-corrected chi connectivity index (χ0v) is 6.99. The Labute approximate surface area is 76.0 Å². The van der Waals surface area contributed by atoms with E-state index in [0.29, 0.717) is 5.69 Å². The molecule has 0 amide bonds. The fraction of sp³-hybridized carbons (Fsp3) is 0. The first-order valence-corrected chi connectivity index (χ1v) is 4.04. The lowest BCUT2D eigenvalue weighted by atomic mass is 10.3. The molecule has 0 bridgehead atoms. The number of para-hydroxylation sites is 2. The van der Waals surface area contributed by atoms with Gasteiger partial charge in [0.05, 0.1) is 5.69 Å². The number of hydrogen-bond acceptors (Lipinski definition) is 2. The summed E-state index contributed by atoms with van der Waals surface area (Å²) in [4.78, 5) is 2.99. The molecule has 0 aliphatic carbocycles. The molecule has 2 aromatic rings. The van der Waals surface area contributed by atoms with Crippen LogP contribution in [-0.2, 0) is 0 Å². The third-order valence-corrected chi connectivity index (χ3v) is 1.77. The summed E-state index contributed by atoms with van der Waals surface area (Å²) >= 11 is 0. The average Bonchev–Trinajstić information content (AvgIpc) is 2.61. The molecule has 13 heavy (non-hydrogen) atoms. The van der Waals surface area contributed by atoms with E-state index in [1.807, 2.05) is 30.5 Å². The van der Waals surface area contributed by atoms with Crippen LogP contribution in [-0.4, -0.2) is 10.1 Å². The monoisotopic (exact) mass is 174 g/mol. The van der Waals surface area contributed by atoms with Crippen LogP contribution in [0.3, 0.4) is 0 Å². The molecule has 0 saturated carbocycles. The maximum atomic E-state index is 9.43. The number of benzene rings is 1. The molecule has 0 saturated heterocycles. The first kappa shape index (κ1) is 7.73. The van der Waals surface area contributed by atoms with Gasteiger partial charge in [0.15, 0.2) is 0 Å². The minimum atomic E-state index is 0.247. The van der Waals surface area contributed by atoms with E-state index < -0.39 is 0 Å². The summed E-state index contributed by atoms with van der Waals surface area (Å²) in [5.41, 5.74) is 0.699. The molecule has 0 fully saturated rings. The van der Waals surface area contributed by atoms with E-state index in [9.17, 15) is 5.11 Å². The Morgan fingerprint density at radius 1 is 1.08 bits per heavy atom. The van der Waals surface area contributed by atoms with Crippen molar-refractivity contribution in [3.05, 3.63) is 42.6 Å². The van der Waals surface area contributed by atoms with Crippen LogP contribution in [0.1, 0.15) is 0 Å². The molecule has 3 N–H and O–H groups in total. The van der Waals surface area contributed by atoms with E-state index in [0.717, 1.165) is 5.82 Å². The van der Waals surface area contributed by atoms with Crippen molar-refractivity contribution in [2.24, 2.45) is 0 Å². The maximum absolute atomic E-state index is 9.43. The number of rotatable bonds is 2. The fourth-order valence-corrected chi connectivity index (χ4v) is 1.13. The lowest BCUT2D eigenvalue weighted by Crippen LogP contribution is -1.89. The van der Waals surface area contributed by atoms with Crippen LogP contribution in [0.5, 0.6) is 5.75 Å². The van der Waals surface area contributed by atoms with Crippen molar-refractivity contribution in [1.82, 2.24) is 4.98 Å². The number of aromatic nitrogens is 1. The minimum Gasteiger partial charge on any atom is -0.506 e. The molecule has 0 aliphatic heterocycles. The highest BCUT2D eigenvalue weighted by Crippen LogP contribution is 2.24. The molecule has 1 aromatic carbocycles. The number of aromatic hydroxyl groups is 1. The Morgan fingerprint density at radius 2 is 1.92 bits per heavy atom. The van der Waals surface area contributed by atoms with Crippen molar-refractivity contribution in [2.45, 2.75) is 0 Å². The van der Waals surface area contributed by atoms with Crippen LogP contribution < -0.4 is 5.32 Å². The highest BCUT2D eigenvalue weighted by atomic mass is 16.3. The SMILES string of the molecule is Oc1ccccc1Nc1ccc[nH]1. The summed E-state index contributed by atoms with van der Waals surface area (Å²) in [6, 6.07) is 10.9. The Morgan fingerprint density at radius 3 is 2.62 bits per heavy atom. The Kier molecular flexibility index (Phi) is 1.92. The number of aromatic amines is 1. The normalized spacial score (nSPS) is 9.85. The van der Waals surface area contributed by atoms with Crippen LogP contribution in [0, 0.1) is 0 Å². The molecule has 0 spiro atoms. The third-order valence-electron chi connectivity index (χ3n) is 1.77. The molecule has 3 nitrogen and oxygen atoms in total. The fourth-order valence-electron chi connectivity index (χ4n) is 1.13. The van der Waals surface area contributed by atoms with E-state index in [-0.39, 0.29) is 5.75 Å². The van der Waals surface area contributed by atoms with Crippen molar-refractivity contribution >= 4 is 11.5 Å². The summed E-state index contributed by atoms with van der Waals surface area (Å²) < 4.78 is 0. The highest BCUT2D eigenvalue weighted by molar-refractivity contribution is 5.63. The second-order valence-electron chi connectivity index (χ2n) is 2.73. The summed E-state index contributed by atoms with van der Waals surface area (Å²) in [7, 11) is 0. The van der Waals surface area contributed by atoms with Gasteiger partial charge >= 0.3 is 0 Å². The lowest BCUT2D eigenvalue weighted by molar-refractivity contribution is 0.477. The number of H-pyrrole nitrogens is 1. The van der Waals surface area contributed by atoms with Crippen LogP contribution in [0.25, 0.3) is 0 Å². The van der Waals surface area contributed by atoms with Crippen LogP contribution in [0.15, 0.2) is 42.6 Å². The van der Waals surface area contributed by atoms with Crippen molar-refractivity contribution in [3.63, 3.8) is 0 Å². The van der Waals surface area contributed by atoms with Gasteiger partial charge in [0.1, 0.15) is 11.6 Å². The van der Waals surface area contributed by atoms with Crippen molar-refractivity contribution < 1.29 is 5.11 Å². The Balaban J connectivity index is 2.24. The summed E-state index contributed by atoms with van der Waals surface area (Å²) in [5, 5.41) is 12.5. The quantitative estimate of drug-likeness (QED) is 0.612. The van der Waals surface area contributed by atoms with E-state index in [4.69, 9.17) is 0 Å². The minimum absolute atomic E-state index is 0.247. The van der Waals surface area contributed by atoms with Crippen molar-refractivity contribution in [1.29, 1.82) is 0 Å². The lowest BCUT2D eigenvalue weighted by Gasteiger charge is -2.04. The predicted molar refractivity (Wildman–Crippen MR) is 52.2 cm³/mol. The summed E-state index contributed by atoms with van der Waals surface area (Å²) in [6.45, 7) is 0. The number of anilines is 2. The smallest absolute Gasteiger partial charge is 0.139 e. The van der Waals surface area contributed by atoms with Gasteiger partial charge in [-0.05, 0) is 24.3 Å². The predicted octanol–water partition coefficient (Wildman–Crippen LogP) is 2.46. The highest BCUT2D eigenvalue weighted by Gasteiger charge is 1.98. The molecular formula is C10H10N2O. The average molecular weight is 174 g/mol. The Hall–Kier alpha value is -1.90. The molecule has 66 valence electrons. The summed E-state index contributed by atoms with van der Waals surface area (Å²) in [6.07, 6.45) is 1.82. The third kappa shape index (κ3) is 1.64. The molecule has 0 unspecified atom stereocenters. The first-order chi connectivity index (χ1) is 6.36. The standard InChI is InChI=1S/C10H10N2O/c13-9-5-2-1-4-8(9)12-10-6-3-7-11-10/h1-7,11-13H. The molecular weight excluding hydrogens is 164 g/mol. The van der Waals surface area contributed by atoms with Gasteiger partial charge in [0.2, 0.25) is 0 Å². The van der Waals surface area contributed by atoms with E-state index >= 15 is 0 Å². The van der Waals surface area contributed by atoms with Crippen LogP contribution in [0.2, 0.25) is 0 Å². The first-order valence-electron chi connectivity index (χ1n) is 4.04. The molecule has 0 atom stereocenters. The van der Waals surface area contributed by atoms with Gasteiger partial charge < -0.3 is 15.4 Å². The van der Waals surface area contributed by atoms with Gasteiger partial charge in [-0.15, -0.1) is 0 Å². The molecule has 0 radical (unpaired) electrons. The Bertz CT molecular complexity index is 382. The molecule has 3 heteroatoms. The number of phenolic OH excluding ortho intramolecular Hbond substituents is 1. The largest absolute Gasteiger partial charge is 0.506 e. The maximum Gasteiger partial charge on any atom is 0.139 e. The molecule has 2 rings (SSSR count). The second kappa shape index (κ2) is 3.23. The van der Waals surface area contributed by atoms with Gasteiger partial charge in [0, 0.05) is 6.20 Å². The molecule has 1 aromatic heterocycles. The number of phenols is 1. The zero-order valence-electron chi connectivity index (χ0n) is 6.99. The van der Waals surface area contributed by atoms with Gasteiger partial charge in [-0.2, -0.15) is 0 Å². The molecule has 1 heterocycles. The van der Waals surface area contributed by atoms with E-state index in [1.54, 1.807) is 12.1 Å². The van der Waals surface area contributed by atoms with Gasteiger partial charge in [-0.25, -0.2) is 0 Å². The second-order valence-corrected chi connectivity index (χ2v) is 2.73. The van der Waals surface area contributed by atoms with Crippen molar-refractivity contribution in [3.8, 4) is 5.75 Å². The zero-order chi connectivity index (χ0) is 9.10. The van der Waals surface area contributed by atoms with Crippen LogP contribution in [0.4, 0.5) is 11.5 Å². The topological polar surface area (TPSA) is 48.0 Å². The van der Waals surface area contributed by atoms with E-state index in [2.05, 4.69) is 10.3 Å². The van der Waals surface area contributed by atoms with Crippen molar-refractivity contribution in [2.75, 3.05) is 5.32 Å².